The molecule has 4 nitrogen and oxygen atoms in total. The molecule has 0 atom stereocenters. The molecule has 5 heteroatoms. The summed E-state index contributed by atoms with van der Waals surface area (Å²) in [5, 5.41) is 4.07. The number of ether oxygens (including phenoxy) is 3. The molecule has 2 aromatic carbocycles. The molecule has 0 aromatic heterocycles. The van der Waals surface area contributed by atoms with Gasteiger partial charge >= 0.3 is 0 Å². The Balaban J connectivity index is 2.01. The van der Waals surface area contributed by atoms with Crippen LogP contribution in [0.2, 0.25) is 5.02 Å². The first-order valence-corrected chi connectivity index (χ1v) is 8.47. The smallest absolute Gasteiger partial charge is 0.162 e. The lowest BCUT2D eigenvalue weighted by atomic mass is 10.1. The molecule has 0 bridgehead atoms. The van der Waals surface area contributed by atoms with Crippen LogP contribution in [0, 0.1) is 0 Å². The Hall–Kier alpha value is -1.91. The predicted molar refractivity (Wildman–Crippen MR) is 97.3 cm³/mol. The minimum absolute atomic E-state index is 0.575. The van der Waals surface area contributed by atoms with E-state index >= 15 is 0 Å². The normalized spacial score (nSPS) is 10.5. The van der Waals surface area contributed by atoms with Crippen LogP contribution in [0.4, 0.5) is 0 Å². The van der Waals surface area contributed by atoms with E-state index < -0.39 is 0 Å². The second-order valence-electron chi connectivity index (χ2n) is 5.21. The van der Waals surface area contributed by atoms with Gasteiger partial charge in [0.05, 0.1) is 20.3 Å². The molecule has 0 heterocycles. The monoisotopic (exact) mass is 349 g/mol. The maximum absolute atomic E-state index is 6.37. The fourth-order valence-electron chi connectivity index (χ4n) is 2.33. The fraction of sp³-hybridized carbons (Fsp3) is 0.368. The SMILES string of the molecule is CCOc1cc(Cl)c(CNCc2ccc(OC)cc2)cc1OCC. The number of hydrogen-bond donors (Lipinski definition) is 1. The number of hydrogen-bond acceptors (Lipinski definition) is 4. The molecule has 0 unspecified atom stereocenters. The van der Waals surface area contributed by atoms with Gasteiger partial charge in [-0.1, -0.05) is 23.7 Å². The molecule has 1 N–H and O–H groups in total. The molecule has 0 saturated carbocycles. The van der Waals surface area contributed by atoms with E-state index in [2.05, 4.69) is 5.32 Å². The van der Waals surface area contributed by atoms with Crippen LogP contribution in [0.5, 0.6) is 17.2 Å². The molecule has 0 aliphatic carbocycles. The van der Waals surface area contributed by atoms with Crippen molar-refractivity contribution in [3.63, 3.8) is 0 Å². The van der Waals surface area contributed by atoms with Gasteiger partial charge < -0.3 is 19.5 Å². The summed E-state index contributed by atoms with van der Waals surface area (Å²) >= 11 is 6.37. The summed E-state index contributed by atoms with van der Waals surface area (Å²) < 4.78 is 16.4. The minimum atomic E-state index is 0.575. The van der Waals surface area contributed by atoms with Crippen LogP contribution in [0.15, 0.2) is 36.4 Å². The van der Waals surface area contributed by atoms with Crippen molar-refractivity contribution < 1.29 is 14.2 Å². The van der Waals surface area contributed by atoms with Crippen molar-refractivity contribution in [3.05, 3.63) is 52.5 Å². The van der Waals surface area contributed by atoms with Crippen molar-refractivity contribution in [1.29, 1.82) is 0 Å². The quantitative estimate of drug-likeness (QED) is 0.726. The van der Waals surface area contributed by atoms with Crippen molar-refractivity contribution in [1.82, 2.24) is 5.32 Å². The maximum atomic E-state index is 6.37. The van der Waals surface area contributed by atoms with Gasteiger partial charge in [0.15, 0.2) is 11.5 Å². The third-order valence-corrected chi connectivity index (χ3v) is 3.87. The Labute approximate surface area is 148 Å². The van der Waals surface area contributed by atoms with Crippen molar-refractivity contribution in [2.24, 2.45) is 0 Å². The van der Waals surface area contributed by atoms with Gasteiger partial charge in [-0.25, -0.2) is 0 Å². The number of benzene rings is 2. The largest absolute Gasteiger partial charge is 0.497 e. The maximum Gasteiger partial charge on any atom is 0.162 e. The molecule has 24 heavy (non-hydrogen) atoms. The first-order valence-electron chi connectivity index (χ1n) is 8.09. The molecule has 0 aliphatic heterocycles. The number of halogens is 1. The van der Waals surface area contributed by atoms with Gasteiger partial charge in [-0.05, 0) is 43.2 Å². The fourth-order valence-corrected chi connectivity index (χ4v) is 2.55. The van der Waals surface area contributed by atoms with Crippen molar-refractivity contribution >= 4 is 11.6 Å². The second-order valence-corrected chi connectivity index (χ2v) is 5.62. The van der Waals surface area contributed by atoms with Gasteiger partial charge in [-0.15, -0.1) is 0 Å². The van der Waals surface area contributed by atoms with Gasteiger partial charge in [0.2, 0.25) is 0 Å². The summed E-state index contributed by atoms with van der Waals surface area (Å²) in [6.45, 7) is 6.45. The molecule has 0 radical (unpaired) electrons. The molecule has 0 aliphatic rings. The average Bonchev–Trinajstić information content (AvgIpc) is 2.59. The average molecular weight is 350 g/mol. The summed E-state index contributed by atoms with van der Waals surface area (Å²) in [6.07, 6.45) is 0. The van der Waals surface area contributed by atoms with Crippen LogP contribution >= 0.6 is 11.6 Å². The van der Waals surface area contributed by atoms with Crippen LogP contribution in [0.3, 0.4) is 0 Å². The predicted octanol–water partition coefficient (Wildman–Crippen LogP) is 4.44. The third kappa shape index (κ3) is 5.05. The number of rotatable bonds is 9. The van der Waals surface area contributed by atoms with E-state index in [1.807, 2.05) is 50.2 Å². The molecule has 0 saturated heterocycles. The molecular formula is C19H24ClNO3. The third-order valence-electron chi connectivity index (χ3n) is 3.52. The van der Waals surface area contributed by atoms with Gasteiger partial charge in [0.25, 0.3) is 0 Å². The highest BCUT2D eigenvalue weighted by Crippen LogP contribution is 2.33. The highest BCUT2D eigenvalue weighted by atomic mass is 35.5. The molecule has 0 amide bonds. The van der Waals surface area contributed by atoms with Gasteiger partial charge in [-0.2, -0.15) is 0 Å². The molecule has 2 aromatic rings. The summed E-state index contributed by atoms with van der Waals surface area (Å²) in [5.41, 5.74) is 2.17. The number of nitrogens with one attached hydrogen (secondary N) is 1. The van der Waals surface area contributed by atoms with Crippen molar-refractivity contribution in [2.45, 2.75) is 26.9 Å². The Morgan fingerprint density at radius 1 is 0.917 bits per heavy atom. The standard InChI is InChI=1S/C19H24ClNO3/c1-4-23-18-10-15(17(20)11-19(18)24-5-2)13-21-12-14-6-8-16(22-3)9-7-14/h6-11,21H,4-5,12-13H2,1-3H3. The van der Waals surface area contributed by atoms with Crippen molar-refractivity contribution in [3.8, 4) is 17.2 Å². The lowest BCUT2D eigenvalue weighted by Crippen LogP contribution is -2.13. The van der Waals surface area contributed by atoms with E-state index in [1.165, 1.54) is 5.56 Å². The summed E-state index contributed by atoms with van der Waals surface area (Å²) in [4.78, 5) is 0. The van der Waals surface area contributed by atoms with Gasteiger partial charge in [0.1, 0.15) is 5.75 Å². The van der Waals surface area contributed by atoms with Gasteiger partial charge in [0, 0.05) is 24.2 Å². The Morgan fingerprint density at radius 3 is 2.12 bits per heavy atom. The summed E-state index contributed by atoms with van der Waals surface area (Å²) in [6, 6.07) is 11.7. The zero-order valence-corrected chi connectivity index (χ0v) is 15.2. The van der Waals surface area contributed by atoms with E-state index in [1.54, 1.807) is 7.11 Å². The highest BCUT2D eigenvalue weighted by molar-refractivity contribution is 6.31. The highest BCUT2D eigenvalue weighted by Gasteiger charge is 2.10. The van der Waals surface area contributed by atoms with Gasteiger partial charge in [-0.3, -0.25) is 0 Å². The Bertz CT molecular complexity index is 644. The van der Waals surface area contributed by atoms with E-state index in [4.69, 9.17) is 25.8 Å². The zero-order valence-electron chi connectivity index (χ0n) is 14.4. The Morgan fingerprint density at radius 2 is 1.54 bits per heavy atom. The lowest BCUT2D eigenvalue weighted by molar-refractivity contribution is 0.287. The van der Waals surface area contributed by atoms with E-state index in [0.717, 1.165) is 23.6 Å². The molecule has 130 valence electrons. The van der Waals surface area contributed by atoms with E-state index in [-0.39, 0.29) is 0 Å². The topological polar surface area (TPSA) is 39.7 Å². The summed E-state index contributed by atoms with van der Waals surface area (Å²) in [5.74, 6) is 2.27. The van der Waals surface area contributed by atoms with E-state index in [0.29, 0.717) is 30.5 Å². The molecule has 0 spiro atoms. The first-order chi connectivity index (χ1) is 11.7. The Kier molecular flexibility index (Phi) is 7.22. The molecular weight excluding hydrogens is 326 g/mol. The minimum Gasteiger partial charge on any atom is -0.497 e. The molecule has 0 fully saturated rings. The second kappa shape index (κ2) is 9.40. The summed E-state index contributed by atoms with van der Waals surface area (Å²) in [7, 11) is 1.66. The first kappa shape index (κ1) is 18.4. The van der Waals surface area contributed by atoms with Crippen LogP contribution in [-0.4, -0.2) is 20.3 Å². The van der Waals surface area contributed by atoms with Crippen molar-refractivity contribution in [2.75, 3.05) is 20.3 Å². The lowest BCUT2D eigenvalue weighted by Gasteiger charge is -2.14. The molecule has 2 rings (SSSR count). The zero-order chi connectivity index (χ0) is 17.4. The van der Waals surface area contributed by atoms with Crippen LogP contribution in [-0.2, 0) is 13.1 Å². The van der Waals surface area contributed by atoms with Crippen LogP contribution in [0.1, 0.15) is 25.0 Å². The van der Waals surface area contributed by atoms with Crippen LogP contribution < -0.4 is 19.5 Å². The number of methoxy groups -OCH3 is 1. The van der Waals surface area contributed by atoms with E-state index in [9.17, 15) is 0 Å². The van der Waals surface area contributed by atoms with Crippen LogP contribution in [0.25, 0.3) is 0 Å².